The van der Waals surface area contributed by atoms with Gasteiger partial charge in [0.05, 0.1) is 0 Å². The van der Waals surface area contributed by atoms with E-state index < -0.39 is 0 Å². The van der Waals surface area contributed by atoms with Crippen LogP contribution in [0, 0.1) is 11.8 Å². The zero-order chi connectivity index (χ0) is 36.6. The van der Waals surface area contributed by atoms with Gasteiger partial charge in [-0.1, -0.05) is 114 Å². The second-order valence-corrected chi connectivity index (χ2v) is 15.8. The van der Waals surface area contributed by atoms with E-state index in [1.165, 1.54) is 64.2 Å². The molecule has 7 heteroatoms. The van der Waals surface area contributed by atoms with Gasteiger partial charge >= 0.3 is 17.9 Å². The SMILES string of the molecule is CN(C)CC1CC(CC(=O)OC2CCCCCCCC(=O)OC/C=C\CCCCCCCCCCCC/C=C\COC(=O)CCCCCCC2)C1. The highest BCUT2D eigenvalue weighted by Crippen LogP contribution is 2.36. The van der Waals surface area contributed by atoms with Gasteiger partial charge in [-0.05, 0) is 103 Å². The van der Waals surface area contributed by atoms with Crippen molar-refractivity contribution in [2.24, 2.45) is 11.8 Å². The van der Waals surface area contributed by atoms with Gasteiger partial charge in [0.15, 0.2) is 0 Å². The van der Waals surface area contributed by atoms with Crippen LogP contribution >= 0.6 is 0 Å². The Morgan fingerprint density at radius 2 is 1.00 bits per heavy atom. The Kier molecular flexibility index (Phi) is 27.7. The standard InChI is InChI=1S/C44H77NO6/c1-45(2)38-40-35-39(36-40)37-44(48)51-41-29-23-17-15-19-25-31-42(46)49-33-27-21-13-11-9-7-5-3-4-6-8-10-12-14-22-28-34-50-43(47)32-26-20-16-18-24-30-41/h21-22,27-28,39-41H,3-20,23-26,29-38H2,1-2H3/b27-21-,28-22-. The fraction of sp³-hybridized carbons (Fsp3) is 0.841. The Bertz CT molecular complexity index is 886. The predicted molar refractivity (Wildman–Crippen MR) is 210 cm³/mol. The van der Waals surface area contributed by atoms with Crippen molar-refractivity contribution in [3.05, 3.63) is 24.3 Å². The summed E-state index contributed by atoms with van der Waals surface area (Å²) in [4.78, 5) is 39.4. The number of nitrogens with zero attached hydrogens (tertiary/aromatic N) is 1. The van der Waals surface area contributed by atoms with E-state index in [1.54, 1.807) is 0 Å². The average molecular weight is 716 g/mol. The molecule has 0 unspecified atom stereocenters. The summed E-state index contributed by atoms with van der Waals surface area (Å²) in [5.41, 5.74) is 0. The lowest BCUT2D eigenvalue weighted by atomic mass is 9.73. The summed E-state index contributed by atoms with van der Waals surface area (Å²) in [7, 11) is 4.23. The second-order valence-electron chi connectivity index (χ2n) is 15.8. The van der Waals surface area contributed by atoms with E-state index in [2.05, 4.69) is 31.1 Å². The van der Waals surface area contributed by atoms with Gasteiger partial charge in [0.1, 0.15) is 19.3 Å². The molecule has 0 aromatic carbocycles. The smallest absolute Gasteiger partial charge is 0.306 e. The summed E-state index contributed by atoms with van der Waals surface area (Å²) >= 11 is 0. The molecule has 0 radical (unpaired) electrons. The Balaban J connectivity index is 1.72. The van der Waals surface area contributed by atoms with Crippen molar-refractivity contribution in [3.8, 4) is 0 Å². The molecule has 0 aromatic heterocycles. The van der Waals surface area contributed by atoms with Gasteiger partial charge in [0.25, 0.3) is 0 Å². The Hall–Kier alpha value is -2.15. The predicted octanol–water partition coefficient (Wildman–Crippen LogP) is 11.2. The van der Waals surface area contributed by atoms with Crippen LogP contribution in [0.3, 0.4) is 0 Å². The zero-order valence-electron chi connectivity index (χ0n) is 33.1. The second kappa shape index (κ2) is 31.4. The van der Waals surface area contributed by atoms with Crippen molar-refractivity contribution in [3.63, 3.8) is 0 Å². The molecule has 294 valence electrons. The van der Waals surface area contributed by atoms with Crippen molar-refractivity contribution < 1.29 is 28.6 Å². The number of esters is 3. The van der Waals surface area contributed by atoms with Crippen LogP contribution in [0.25, 0.3) is 0 Å². The monoisotopic (exact) mass is 716 g/mol. The first-order valence-electron chi connectivity index (χ1n) is 21.4. The number of allylic oxidation sites excluding steroid dienone is 2. The van der Waals surface area contributed by atoms with Gasteiger partial charge in [-0.3, -0.25) is 14.4 Å². The third-order valence-corrected chi connectivity index (χ3v) is 10.5. The Morgan fingerprint density at radius 3 is 1.45 bits per heavy atom. The number of hydrogen-bond acceptors (Lipinski definition) is 7. The summed E-state index contributed by atoms with van der Waals surface area (Å²) < 4.78 is 16.9. The number of hydrogen-bond donors (Lipinski definition) is 0. The van der Waals surface area contributed by atoms with E-state index in [0.717, 1.165) is 109 Å². The van der Waals surface area contributed by atoms with Gasteiger partial charge in [0.2, 0.25) is 0 Å². The molecule has 51 heavy (non-hydrogen) atoms. The molecule has 1 fully saturated rings. The lowest BCUT2D eigenvalue weighted by Gasteiger charge is -2.36. The van der Waals surface area contributed by atoms with Crippen LogP contribution in [-0.4, -0.2) is 62.8 Å². The van der Waals surface area contributed by atoms with E-state index in [0.29, 0.717) is 44.3 Å². The van der Waals surface area contributed by atoms with Crippen LogP contribution in [0.2, 0.25) is 0 Å². The third kappa shape index (κ3) is 27.2. The molecule has 1 aliphatic carbocycles. The molecule has 0 aromatic rings. The summed E-state index contributed by atoms with van der Waals surface area (Å²) in [5, 5.41) is 0. The number of ether oxygens (including phenoxy) is 3. The van der Waals surface area contributed by atoms with Gasteiger partial charge in [-0.2, -0.15) is 0 Å². The molecule has 0 atom stereocenters. The summed E-state index contributed by atoms with van der Waals surface area (Å²) in [5.74, 6) is 0.971. The Morgan fingerprint density at radius 1 is 0.588 bits per heavy atom. The number of cyclic esters (lactones) is 2. The number of rotatable bonds is 5. The highest BCUT2D eigenvalue weighted by molar-refractivity contribution is 5.70. The normalized spacial score (nSPS) is 25.7. The molecule has 2 aliphatic rings. The largest absolute Gasteiger partial charge is 0.462 e. The van der Waals surface area contributed by atoms with Crippen LogP contribution in [0.15, 0.2) is 24.3 Å². The molecule has 2 rings (SSSR count). The minimum absolute atomic E-state index is 0.0116. The molecule has 0 amide bonds. The van der Waals surface area contributed by atoms with E-state index in [9.17, 15) is 14.4 Å². The highest BCUT2D eigenvalue weighted by atomic mass is 16.5. The first-order valence-corrected chi connectivity index (χ1v) is 21.4. The molecule has 0 N–H and O–H groups in total. The lowest BCUT2D eigenvalue weighted by Crippen LogP contribution is -2.34. The van der Waals surface area contributed by atoms with Gasteiger partial charge in [-0.15, -0.1) is 0 Å². The van der Waals surface area contributed by atoms with Crippen LogP contribution in [-0.2, 0) is 28.6 Å². The quantitative estimate of drug-likeness (QED) is 0.159. The minimum Gasteiger partial charge on any atom is -0.462 e. The van der Waals surface area contributed by atoms with Crippen LogP contribution < -0.4 is 0 Å². The maximum Gasteiger partial charge on any atom is 0.306 e. The maximum atomic E-state index is 12.9. The fourth-order valence-corrected chi connectivity index (χ4v) is 7.52. The number of carbonyl (C=O) groups is 3. The van der Waals surface area contributed by atoms with Crippen molar-refractivity contribution in [2.45, 2.75) is 192 Å². The van der Waals surface area contributed by atoms with Gasteiger partial charge < -0.3 is 19.1 Å². The molecular formula is C44H77NO6. The first-order chi connectivity index (χ1) is 24.9. The van der Waals surface area contributed by atoms with Crippen molar-refractivity contribution >= 4 is 17.9 Å². The van der Waals surface area contributed by atoms with Crippen LogP contribution in [0.1, 0.15) is 186 Å². The van der Waals surface area contributed by atoms with E-state index in [1.807, 2.05) is 12.2 Å². The van der Waals surface area contributed by atoms with Crippen LogP contribution in [0.4, 0.5) is 0 Å². The molecule has 0 saturated heterocycles. The molecule has 0 bridgehead atoms. The van der Waals surface area contributed by atoms with Crippen LogP contribution in [0.5, 0.6) is 0 Å². The summed E-state index contributed by atoms with van der Waals surface area (Å²) in [6, 6.07) is 0. The van der Waals surface area contributed by atoms with Crippen molar-refractivity contribution in [1.82, 2.24) is 4.90 Å². The highest BCUT2D eigenvalue weighted by Gasteiger charge is 2.31. The third-order valence-electron chi connectivity index (χ3n) is 10.5. The number of carbonyl (C=O) groups excluding carboxylic acids is 3. The molecule has 1 aliphatic heterocycles. The van der Waals surface area contributed by atoms with Crippen molar-refractivity contribution in [1.29, 1.82) is 0 Å². The molecule has 1 saturated carbocycles. The van der Waals surface area contributed by atoms with E-state index >= 15 is 0 Å². The fourth-order valence-electron chi connectivity index (χ4n) is 7.52. The summed E-state index contributed by atoms with van der Waals surface area (Å²) in [6.07, 6.45) is 39.2. The molecular weight excluding hydrogens is 638 g/mol. The summed E-state index contributed by atoms with van der Waals surface area (Å²) in [6.45, 7) is 1.88. The first kappa shape index (κ1) is 45.0. The average Bonchev–Trinajstić information content (AvgIpc) is 3.08. The van der Waals surface area contributed by atoms with Crippen molar-refractivity contribution in [2.75, 3.05) is 33.9 Å². The van der Waals surface area contributed by atoms with E-state index in [4.69, 9.17) is 14.2 Å². The lowest BCUT2D eigenvalue weighted by molar-refractivity contribution is -0.152. The van der Waals surface area contributed by atoms with Gasteiger partial charge in [-0.25, -0.2) is 0 Å². The maximum absolute atomic E-state index is 12.9. The molecule has 0 spiro atoms. The zero-order valence-corrected chi connectivity index (χ0v) is 33.1. The minimum atomic E-state index is -0.0957. The molecule has 1 heterocycles. The molecule has 7 nitrogen and oxygen atoms in total. The van der Waals surface area contributed by atoms with Gasteiger partial charge in [0, 0.05) is 25.8 Å². The Labute approximate surface area is 313 Å². The topological polar surface area (TPSA) is 82.1 Å². The van der Waals surface area contributed by atoms with E-state index in [-0.39, 0.29) is 24.0 Å².